The SMILES string of the molecule is CCC(=O)N1c2ccccc2C[C@@H]1C(=O)NCCc1c[nH]c2ccc(Cl)cc12. The number of carbonyl (C=O) groups is 2. The van der Waals surface area contributed by atoms with Gasteiger partial charge in [-0.25, -0.2) is 0 Å². The first-order valence-electron chi connectivity index (χ1n) is 9.51. The Bertz CT molecular complexity index is 1040. The maximum atomic E-state index is 12.9. The molecular formula is C22H22ClN3O2. The Balaban J connectivity index is 1.44. The Labute approximate surface area is 168 Å². The largest absolute Gasteiger partial charge is 0.361 e. The fraction of sp³-hybridized carbons (Fsp3) is 0.273. The molecule has 3 aromatic rings. The van der Waals surface area contributed by atoms with Crippen LogP contribution in [0.4, 0.5) is 5.69 Å². The van der Waals surface area contributed by atoms with Gasteiger partial charge in [0.2, 0.25) is 11.8 Å². The number of carbonyl (C=O) groups excluding carboxylic acids is 2. The van der Waals surface area contributed by atoms with E-state index in [1.165, 1.54) is 0 Å². The van der Waals surface area contributed by atoms with E-state index in [4.69, 9.17) is 11.6 Å². The van der Waals surface area contributed by atoms with Crippen molar-refractivity contribution < 1.29 is 9.59 Å². The maximum absolute atomic E-state index is 12.9. The topological polar surface area (TPSA) is 65.2 Å². The molecule has 4 rings (SSSR count). The van der Waals surface area contributed by atoms with Crippen molar-refractivity contribution in [1.82, 2.24) is 10.3 Å². The van der Waals surface area contributed by atoms with E-state index < -0.39 is 6.04 Å². The van der Waals surface area contributed by atoms with E-state index in [9.17, 15) is 9.59 Å². The molecule has 2 amide bonds. The van der Waals surface area contributed by atoms with Gasteiger partial charge >= 0.3 is 0 Å². The van der Waals surface area contributed by atoms with Gasteiger partial charge in [0, 0.05) is 47.2 Å². The van der Waals surface area contributed by atoms with Gasteiger partial charge in [-0.2, -0.15) is 0 Å². The van der Waals surface area contributed by atoms with Gasteiger partial charge in [-0.1, -0.05) is 36.7 Å². The van der Waals surface area contributed by atoms with Crippen molar-refractivity contribution in [2.75, 3.05) is 11.4 Å². The molecule has 28 heavy (non-hydrogen) atoms. The number of hydrogen-bond donors (Lipinski definition) is 2. The molecule has 1 aliphatic heterocycles. The number of aromatic amines is 1. The van der Waals surface area contributed by atoms with Gasteiger partial charge in [-0.3, -0.25) is 14.5 Å². The van der Waals surface area contributed by atoms with Gasteiger partial charge in [0.05, 0.1) is 0 Å². The fourth-order valence-electron chi connectivity index (χ4n) is 3.87. The number of nitrogens with one attached hydrogen (secondary N) is 2. The van der Waals surface area contributed by atoms with Crippen LogP contribution >= 0.6 is 11.6 Å². The lowest BCUT2D eigenvalue weighted by Gasteiger charge is -2.24. The average molecular weight is 396 g/mol. The number of anilines is 1. The molecule has 144 valence electrons. The molecule has 0 radical (unpaired) electrons. The van der Waals surface area contributed by atoms with E-state index in [0.717, 1.165) is 27.7 Å². The highest BCUT2D eigenvalue weighted by Crippen LogP contribution is 2.32. The number of fused-ring (bicyclic) bond motifs is 2. The van der Waals surface area contributed by atoms with Gasteiger partial charge < -0.3 is 10.3 Å². The predicted molar refractivity (Wildman–Crippen MR) is 112 cm³/mol. The first kappa shape index (κ1) is 18.6. The standard InChI is InChI=1S/C22H22ClN3O2/c1-2-21(27)26-19-6-4-3-5-14(19)11-20(26)22(28)24-10-9-15-13-25-18-8-7-16(23)12-17(15)18/h3-8,12-13,20,25H,2,9-11H2,1H3,(H,24,28)/t20-/m1/s1. The summed E-state index contributed by atoms with van der Waals surface area (Å²) in [6.45, 7) is 2.32. The summed E-state index contributed by atoms with van der Waals surface area (Å²) in [6.07, 6.45) is 3.56. The van der Waals surface area contributed by atoms with Crippen LogP contribution in [0.3, 0.4) is 0 Å². The minimum Gasteiger partial charge on any atom is -0.361 e. The van der Waals surface area contributed by atoms with Gasteiger partial charge in [-0.15, -0.1) is 0 Å². The lowest BCUT2D eigenvalue weighted by molar-refractivity contribution is -0.126. The minimum atomic E-state index is -0.484. The van der Waals surface area contributed by atoms with Gasteiger partial charge in [0.25, 0.3) is 0 Å². The van der Waals surface area contributed by atoms with Crippen LogP contribution < -0.4 is 10.2 Å². The second-order valence-electron chi connectivity index (χ2n) is 7.01. The lowest BCUT2D eigenvalue weighted by Crippen LogP contribution is -2.48. The fourth-order valence-corrected chi connectivity index (χ4v) is 4.04. The number of aromatic nitrogens is 1. The number of nitrogens with zero attached hydrogens (tertiary/aromatic N) is 1. The van der Waals surface area contributed by atoms with E-state index in [0.29, 0.717) is 30.8 Å². The summed E-state index contributed by atoms with van der Waals surface area (Å²) < 4.78 is 0. The number of halogens is 1. The third kappa shape index (κ3) is 3.38. The number of rotatable bonds is 5. The van der Waals surface area contributed by atoms with E-state index in [1.54, 1.807) is 4.90 Å². The molecule has 2 aromatic carbocycles. The van der Waals surface area contributed by atoms with Crippen molar-refractivity contribution in [2.24, 2.45) is 0 Å². The van der Waals surface area contributed by atoms with Crippen LogP contribution in [0.1, 0.15) is 24.5 Å². The second kappa shape index (κ2) is 7.68. The first-order valence-corrected chi connectivity index (χ1v) is 9.89. The van der Waals surface area contributed by atoms with E-state index >= 15 is 0 Å². The first-order chi connectivity index (χ1) is 13.6. The molecule has 0 spiro atoms. The van der Waals surface area contributed by atoms with Crippen molar-refractivity contribution in [3.8, 4) is 0 Å². The highest BCUT2D eigenvalue weighted by molar-refractivity contribution is 6.31. The maximum Gasteiger partial charge on any atom is 0.243 e. The Morgan fingerprint density at radius 2 is 2.07 bits per heavy atom. The molecule has 1 aliphatic rings. The number of amides is 2. The van der Waals surface area contributed by atoms with Crippen molar-refractivity contribution >= 4 is 40.0 Å². The summed E-state index contributed by atoms with van der Waals surface area (Å²) in [5.74, 6) is -0.146. The van der Waals surface area contributed by atoms with Gasteiger partial charge in [0.15, 0.2) is 0 Å². The van der Waals surface area contributed by atoms with Crippen LogP contribution in [0.5, 0.6) is 0 Å². The highest BCUT2D eigenvalue weighted by Gasteiger charge is 2.37. The van der Waals surface area contributed by atoms with Gasteiger partial charge in [0.1, 0.15) is 6.04 Å². The summed E-state index contributed by atoms with van der Waals surface area (Å²) in [5, 5.41) is 4.76. The third-order valence-electron chi connectivity index (χ3n) is 5.27. The van der Waals surface area contributed by atoms with Crippen LogP contribution in [0.2, 0.25) is 5.02 Å². The molecule has 0 saturated heterocycles. The Morgan fingerprint density at radius 3 is 2.89 bits per heavy atom. The molecule has 1 atom stereocenters. The summed E-state index contributed by atoms with van der Waals surface area (Å²) in [5.41, 5.74) is 4.02. The van der Waals surface area contributed by atoms with Crippen molar-refractivity contribution in [1.29, 1.82) is 0 Å². The molecule has 0 unspecified atom stereocenters. The van der Waals surface area contributed by atoms with Crippen LogP contribution in [-0.4, -0.2) is 29.4 Å². The molecule has 6 heteroatoms. The summed E-state index contributed by atoms with van der Waals surface area (Å²) in [4.78, 5) is 30.2. The van der Waals surface area contributed by atoms with Crippen molar-refractivity contribution in [2.45, 2.75) is 32.2 Å². The summed E-state index contributed by atoms with van der Waals surface area (Å²) >= 11 is 6.10. The zero-order valence-electron chi connectivity index (χ0n) is 15.7. The molecule has 0 aliphatic carbocycles. The molecule has 2 N–H and O–H groups in total. The quantitative estimate of drug-likeness (QED) is 0.689. The van der Waals surface area contributed by atoms with Crippen LogP contribution in [0.15, 0.2) is 48.7 Å². The zero-order valence-corrected chi connectivity index (χ0v) is 16.4. The predicted octanol–water partition coefficient (Wildman–Crippen LogP) is 3.85. The summed E-state index contributed by atoms with van der Waals surface area (Å²) in [6, 6.07) is 13.0. The monoisotopic (exact) mass is 395 g/mol. The molecule has 1 aromatic heterocycles. The van der Waals surface area contributed by atoms with Crippen LogP contribution in [0, 0.1) is 0 Å². The van der Waals surface area contributed by atoms with Gasteiger partial charge in [-0.05, 0) is 41.8 Å². The highest BCUT2D eigenvalue weighted by atomic mass is 35.5. The van der Waals surface area contributed by atoms with Crippen LogP contribution in [0.25, 0.3) is 10.9 Å². The third-order valence-corrected chi connectivity index (χ3v) is 5.51. The number of benzene rings is 2. The van der Waals surface area contributed by atoms with E-state index in [2.05, 4.69) is 10.3 Å². The zero-order chi connectivity index (χ0) is 19.7. The number of H-pyrrole nitrogens is 1. The molecule has 2 heterocycles. The average Bonchev–Trinajstić information content (AvgIpc) is 3.28. The van der Waals surface area contributed by atoms with E-state index in [-0.39, 0.29) is 11.8 Å². The number of hydrogen-bond acceptors (Lipinski definition) is 2. The normalized spacial score (nSPS) is 15.6. The van der Waals surface area contributed by atoms with Crippen molar-refractivity contribution in [3.63, 3.8) is 0 Å². The molecule has 5 nitrogen and oxygen atoms in total. The summed E-state index contributed by atoms with van der Waals surface area (Å²) in [7, 11) is 0. The lowest BCUT2D eigenvalue weighted by atomic mass is 10.1. The molecule has 0 bridgehead atoms. The second-order valence-corrected chi connectivity index (χ2v) is 7.45. The van der Waals surface area contributed by atoms with E-state index in [1.807, 2.05) is 55.6 Å². The molecular weight excluding hydrogens is 374 g/mol. The van der Waals surface area contributed by atoms with Crippen molar-refractivity contribution in [3.05, 3.63) is 64.8 Å². The smallest absolute Gasteiger partial charge is 0.243 e. The Hall–Kier alpha value is -2.79. The Kier molecular flexibility index (Phi) is 5.09. The Morgan fingerprint density at radius 1 is 1.25 bits per heavy atom. The minimum absolute atomic E-state index is 0.0311. The molecule has 0 fully saturated rings. The van der Waals surface area contributed by atoms with Crippen LogP contribution in [-0.2, 0) is 22.4 Å². The number of para-hydroxylation sites is 1. The molecule has 0 saturated carbocycles.